The van der Waals surface area contributed by atoms with Crippen molar-refractivity contribution in [3.05, 3.63) is 23.8 Å². The van der Waals surface area contributed by atoms with E-state index in [4.69, 9.17) is 9.47 Å². The number of likely N-dealkylation sites (tertiary alicyclic amines) is 1. The van der Waals surface area contributed by atoms with E-state index in [9.17, 15) is 9.59 Å². The maximum atomic E-state index is 13.3. The van der Waals surface area contributed by atoms with Crippen molar-refractivity contribution >= 4 is 11.8 Å². The van der Waals surface area contributed by atoms with E-state index in [1.54, 1.807) is 25.3 Å². The predicted molar refractivity (Wildman–Crippen MR) is 108 cm³/mol. The van der Waals surface area contributed by atoms with E-state index in [2.05, 4.69) is 17.1 Å². The zero-order valence-electron chi connectivity index (χ0n) is 17.3. The van der Waals surface area contributed by atoms with Crippen molar-refractivity contribution in [1.82, 2.24) is 10.2 Å². The molecule has 1 N–H and O–H groups in total. The Bertz CT molecular complexity index is 840. The van der Waals surface area contributed by atoms with Crippen LogP contribution >= 0.6 is 0 Å². The predicted octanol–water partition coefficient (Wildman–Crippen LogP) is 3.21. The molecule has 156 valence electrons. The van der Waals surface area contributed by atoms with Gasteiger partial charge in [0.15, 0.2) is 5.72 Å². The fraction of sp³-hybridized carbons (Fsp3) is 0.652. The van der Waals surface area contributed by atoms with Crippen LogP contribution in [0.4, 0.5) is 0 Å². The van der Waals surface area contributed by atoms with Crippen molar-refractivity contribution in [2.45, 2.75) is 51.2 Å². The number of amides is 2. The van der Waals surface area contributed by atoms with Crippen molar-refractivity contribution in [2.24, 2.45) is 23.7 Å². The lowest BCUT2D eigenvalue weighted by atomic mass is 9.59. The van der Waals surface area contributed by atoms with Gasteiger partial charge in [0.05, 0.1) is 12.7 Å². The molecule has 2 heterocycles. The second kappa shape index (κ2) is 6.92. The Balaban J connectivity index is 1.37. The summed E-state index contributed by atoms with van der Waals surface area (Å²) in [5, 5.41) is 3.18. The van der Waals surface area contributed by atoms with Gasteiger partial charge < -0.3 is 19.7 Å². The third kappa shape index (κ3) is 3.08. The van der Waals surface area contributed by atoms with Gasteiger partial charge in [0.25, 0.3) is 5.91 Å². The van der Waals surface area contributed by atoms with E-state index in [0.717, 1.165) is 38.8 Å². The molecule has 6 rings (SSSR count). The third-order valence-electron chi connectivity index (χ3n) is 7.55. The number of carbonyl (C=O) groups is 2. The van der Waals surface area contributed by atoms with E-state index >= 15 is 0 Å². The SMILES string of the molecule is COc1ccc2c(c1)O[C@]1(C[C@H]3CC[C@H]1C[C@H]3C(=O)N1CCC[C@@H](C)C1)NC2=O. The van der Waals surface area contributed by atoms with Gasteiger partial charge in [-0.1, -0.05) is 6.92 Å². The van der Waals surface area contributed by atoms with Gasteiger partial charge in [0.1, 0.15) is 11.5 Å². The standard InChI is InChI=1S/C23H30N2O4/c1-14-4-3-9-25(13-14)22(27)19-10-16-6-5-15(19)12-23(16)24-21(26)18-8-7-17(28-2)11-20(18)29-23/h7-8,11,14-16,19H,3-6,9-10,12-13H2,1-2H3,(H,24,26)/t14-,15-,16+,19-,23+/m1/s1. The summed E-state index contributed by atoms with van der Waals surface area (Å²) in [7, 11) is 1.61. The van der Waals surface area contributed by atoms with E-state index < -0.39 is 5.72 Å². The summed E-state index contributed by atoms with van der Waals surface area (Å²) in [6.07, 6.45) is 5.86. The molecule has 1 saturated heterocycles. The van der Waals surface area contributed by atoms with Gasteiger partial charge in [-0.25, -0.2) is 0 Å². The molecule has 2 bridgehead atoms. The minimum absolute atomic E-state index is 0.0666. The molecule has 1 aromatic carbocycles. The number of carbonyl (C=O) groups excluding carboxylic acids is 2. The van der Waals surface area contributed by atoms with Crippen molar-refractivity contribution in [3.63, 3.8) is 0 Å². The molecule has 5 atom stereocenters. The van der Waals surface area contributed by atoms with E-state index in [1.807, 2.05) is 0 Å². The fourth-order valence-electron chi connectivity index (χ4n) is 6.04. The molecule has 0 radical (unpaired) electrons. The zero-order chi connectivity index (χ0) is 20.2. The largest absolute Gasteiger partial charge is 0.497 e. The highest BCUT2D eigenvalue weighted by atomic mass is 16.5. The Kier molecular flexibility index (Phi) is 4.48. The van der Waals surface area contributed by atoms with Gasteiger partial charge in [-0.15, -0.1) is 0 Å². The molecule has 0 aromatic heterocycles. The summed E-state index contributed by atoms with van der Waals surface area (Å²) in [5.41, 5.74) is -0.140. The van der Waals surface area contributed by atoms with Crippen molar-refractivity contribution < 1.29 is 19.1 Å². The fourth-order valence-corrected chi connectivity index (χ4v) is 6.04. The van der Waals surface area contributed by atoms with Crippen LogP contribution in [0.25, 0.3) is 0 Å². The molecule has 1 aromatic rings. The summed E-state index contributed by atoms with van der Waals surface area (Å²) < 4.78 is 11.8. The lowest BCUT2D eigenvalue weighted by molar-refractivity contribution is -0.156. The highest BCUT2D eigenvalue weighted by Gasteiger charge is 2.57. The quantitative estimate of drug-likeness (QED) is 0.831. The summed E-state index contributed by atoms with van der Waals surface area (Å²) >= 11 is 0. The molecule has 6 nitrogen and oxygen atoms in total. The number of rotatable bonds is 2. The van der Waals surface area contributed by atoms with Gasteiger partial charge in [0, 0.05) is 37.4 Å². The number of methoxy groups -OCH3 is 1. The number of fused-ring (bicyclic) bond motifs is 3. The maximum Gasteiger partial charge on any atom is 0.258 e. The Morgan fingerprint density at radius 1 is 1.31 bits per heavy atom. The topological polar surface area (TPSA) is 67.9 Å². The molecule has 1 spiro atoms. The molecule has 4 fully saturated rings. The number of hydrogen-bond donors (Lipinski definition) is 1. The second-order valence-electron chi connectivity index (χ2n) is 9.42. The highest BCUT2D eigenvalue weighted by molar-refractivity contribution is 5.98. The molecule has 0 unspecified atom stereocenters. The van der Waals surface area contributed by atoms with Crippen LogP contribution < -0.4 is 14.8 Å². The summed E-state index contributed by atoms with van der Waals surface area (Å²) in [5.74, 6) is 2.59. The smallest absolute Gasteiger partial charge is 0.258 e. The molecule has 5 aliphatic rings. The van der Waals surface area contributed by atoms with Crippen molar-refractivity contribution in [2.75, 3.05) is 20.2 Å². The third-order valence-corrected chi connectivity index (χ3v) is 7.55. The van der Waals surface area contributed by atoms with Gasteiger partial charge in [-0.2, -0.15) is 0 Å². The molecule has 2 amide bonds. The highest BCUT2D eigenvalue weighted by Crippen LogP contribution is 2.53. The van der Waals surface area contributed by atoms with E-state index in [-0.39, 0.29) is 23.7 Å². The molecular formula is C23H30N2O4. The van der Waals surface area contributed by atoms with Crippen LogP contribution in [0.15, 0.2) is 18.2 Å². The lowest BCUT2D eigenvalue weighted by Gasteiger charge is -2.55. The number of nitrogens with zero attached hydrogens (tertiary/aromatic N) is 1. The van der Waals surface area contributed by atoms with Gasteiger partial charge in [-0.05, 0) is 56.1 Å². The molecule has 2 aliphatic heterocycles. The first kappa shape index (κ1) is 18.8. The van der Waals surface area contributed by atoms with Crippen LogP contribution in [0.2, 0.25) is 0 Å². The first-order valence-corrected chi connectivity index (χ1v) is 11.0. The number of benzene rings is 1. The minimum atomic E-state index is -0.689. The van der Waals surface area contributed by atoms with Crippen LogP contribution in [0.1, 0.15) is 55.8 Å². The normalized spacial score (nSPS) is 35.7. The average molecular weight is 399 g/mol. The summed E-state index contributed by atoms with van der Waals surface area (Å²) in [4.78, 5) is 28.2. The first-order valence-electron chi connectivity index (χ1n) is 11.0. The monoisotopic (exact) mass is 398 g/mol. The Hall–Kier alpha value is -2.24. The molecule has 3 aliphatic carbocycles. The molecule has 3 saturated carbocycles. The summed E-state index contributed by atoms with van der Waals surface area (Å²) in [6.45, 7) is 4.01. The Labute approximate surface area is 171 Å². The first-order chi connectivity index (χ1) is 14.0. The van der Waals surface area contributed by atoms with Crippen LogP contribution in [0.3, 0.4) is 0 Å². The Morgan fingerprint density at radius 3 is 2.90 bits per heavy atom. The van der Waals surface area contributed by atoms with Crippen LogP contribution in [-0.2, 0) is 4.79 Å². The lowest BCUT2D eigenvalue weighted by Crippen LogP contribution is -2.67. The van der Waals surface area contributed by atoms with Crippen molar-refractivity contribution in [3.8, 4) is 11.5 Å². The number of piperidine rings is 1. The van der Waals surface area contributed by atoms with Crippen LogP contribution in [0, 0.1) is 23.7 Å². The number of nitrogens with one attached hydrogen (secondary N) is 1. The number of hydrogen-bond acceptors (Lipinski definition) is 4. The van der Waals surface area contributed by atoms with Gasteiger partial charge in [-0.3, -0.25) is 9.59 Å². The van der Waals surface area contributed by atoms with Crippen LogP contribution in [0.5, 0.6) is 11.5 Å². The summed E-state index contributed by atoms with van der Waals surface area (Å²) in [6, 6.07) is 5.33. The zero-order valence-corrected chi connectivity index (χ0v) is 17.3. The molecule has 6 heteroatoms. The van der Waals surface area contributed by atoms with Crippen molar-refractivity contribution in [1.29, 1.82) is 0 Å². The molecular weight excluding hydrogens is 368 g/mol. The Morgan fingerprint density at radius 2 is 2.17 bits per heavy atom. The second-order valence-corrected chi connectivity index (χ2v) is 9.42. The van der Waals surface area contributed by atoms with E-state index in [1.165, 1.54) is 6.42 Å². The molecule has 29 heavy (non-hydrogen) atoms. The average Bonchev–Trinajstić information content (AvgIpc) is 2.73. The maximum absolute atomic E-state index is 13.3. The van der Waals surface area contributed by atoms with Gasteiger partial charge >= 0.3 is 0 Å². The van der Waals surface area contributed by atoms with Gasteiger partial charge in [0.2, 0.25) is 5.91 Å². The van der Waals surface area contributed by atoms with Crippen LogP contribution in [-0.4, -0.2) is 42.6 Å². The van der Waals surface area contributed by atoms with E-state index in [0.29, 0.717) is 35.3 Å². The number of ether oxygens (including phenoxy) is 2. The minimum Gasteiger partial charge on any atom is -0.497 e.